The maximum Gasteiger partial charge on any atom is 0.131 e. The van der Waals surface area contributed by atoms with Crippen LogP contribution in [0.5, 0.6) is 0 Å². The number of hydrogen-bond donors (Lipinski definition) is 1. The minimum absolute atomic E-state index is 0.763. The molecule has 0 aliphatic carbocycles. The van der Waals surface area contributed by atoms with Crippen LogP contribution in [0, 0.1) is 6.92 Å². The van der Waals surface area contributed by atoms with Crippen molar-refractivity contribution in [1.82, 2.24) is 10.2 Å². The van der Waals surface area contributed by atoms with Gasteiger partial charge in [-0.1, -0.05) is 48.2 Å². The summed E-state index contributed by atoms with van der Waals surface area (Å²) in [4.78, 5) is 1.01. The maximum atomic E-state index is 5.97. The van der Waals surface area contributed by atoms with Crippen LogP contribution in [0.15, 0.2) is 58.5 Å². The highest BCUT2D eigenvalue weighted by molar-refractivity contribution is 7.99. The van der Waals surface area contributed by atoms with E-state index >= 15 is 0 Å². The third kappa shape index (κ3) is 2.27. The van der Waals surface area contributed by atoms with E-state index in [4.69, 9.17) is 5.73 Å². The van der Waals surface area contributed by atoms with E-state index in [2.05, 4.69) is 22.3 Å². The zero-order chi connectivity index (χ0) is 13.2. The fraction of sp³-hybridized carbons (Fsp3) is 0.0667. The van der Waals surface area contributed by atoms with Crippen LogP contribution in [-0.4, -0.2) is 10.2 Å². The van der Waals surface area contributed by atoms with Gasteiger partial charge in [-0.25, -0.2) is 0 Å². The van der Waals surface area contributed by atoms with Gasteiger partial charge >= 0.3 is 0 Å². The first-order chi connectivity index (χ1) is 9.25. The van der Waals surface area contributed by atoms with Gasteiger partial charge in [-0.3, -0.25) is 0 Å². The maximum absolute atomic E-state index is 5.97. The topological polar surface area (TPSA) is 51.8 Å². The number of hydrogen-bond acceptors (Lipinski definition) is 4. The van der Waals surface area contributed by atoms with Gasteiger partial charge < -0.3 is 5.73 Å². The number of anilines is 1. The third-order valence-electron chi connectivity index (χ3n) is 2.96. The number of rotatable bonds is 2. The largest absolute Gasteiger partial charge is 0.398 e. The van der Waals surface area contributed by atoms with Gasteiger partial charge in [0, 0.05) is 21.4 Å². The summed E-state index contributed by atoms with van der Waals surface area (Å²) in [6.07, 6.45) is 0. The van der Waals surface area contributed by atoms with E-state index in [0.717, 1.165) is 32.1 Å². The number of para-hydroxylation sites is 1. The summed E-state index contributed by atoms with van der Waals surface area (Å²) in [7, 11) is 0. The standard InChI is InChI=1S/C15H13N3S/c1-10-11-6-2-3-7-12(11)15(18-17-10)19-14-9-5-4-8-13(14)16/h2-9H,16H2,1H3. The van der Waals surface area contributed by atoms with Crippen molar-refractivity contribution in [3.63, 3.8) is 0 Å². The number of aromatic nitrogens is 2. The number of fused-ring (bicyclic) bond motifs is 1. The predicted octanol–water partition coefficient (Wildman–Crippen LogP) is 3.67. The van der Waals surface area contributed by atoms with E-state index in [0.29, 0.717) is 0 Å². The molecule has 2 N–H and O–H groups in total. The van der Waals surface area contributed by atoms with E-state index in [1.807, 2.05) is 43.3 Å². The molecule has 3 rings (SSSR count). The van der Waals surface area contributed by atoms with Crippen LogP contribution >= 0.6 is 11.8 Å². The highest BCUT2D eigenvalue weighted by Gasteiger charge is 2.09. The molecule has 0 radical (unpaired) electrons. The van der Waals surface area contributed by atoms with Gasteiger partial charge in [-0.15, -0.1) is 5.10 Å². The first-order valence-electron chi connectivity index (χ1n) is 6.00. The lowest BCUT2D eigenvalue weighted by molar-refractivity contribution is 0.923. The molecule has 0 unspecified atom stereocenters. The van der Waals surface area contributed by atoms with Gasteiger partial charge in [0.25, 0.3) is 0 Å². The summed E-state index contributed by atoms with van der Waals surface area (Å²) in [5.41, 5.74) is 7.68. The number of nitrogens with two attached hydrogens (primary N) is 1. The monoisotopic (exact) mass is 267 g/mol. The molecular weight excluding hydrogens is 254 g/mol. The summed E-state index contributed by atoms with van der Waals surface area (Å²) >= 11 is 1.55. The van der Waals surface area contributed by atoms with E-state index in [9.17, 15) is 0 Å². The molecule has 0 spiro atoms. The van der Waals surface area contributed by atoms with Crippen LogP contribution in [0.25, 0.3) is 10.8 Å². The van der Waals surface area contributed by atoms with Gasteiger partial charge in [0.15, 0.2) is 0 Å². The molecule has 19 heavy (non-hydrogen) atoms. The molecule has 0 fully saturated rings. The average Bonchev–Trinajstić information content (AvgIpc) is 2.44. The molecule has 0 saturated carbocycles. The van der Waals surface area contributed by atoms with Crippen molar-refractivity contribution in [3.05, 3.63) is 54.2 Å². The summed E-state index contributed by atoms with van der Waals surface area (Å²) in [5.74, 6) is 0. The van der Waals surface area contributed by atoms with Crippen LogP contribution in [0.3, 0.4) is 0 Å². The third-order valence-corrected chi connectivity index (χ3v) is 4.05. The Hall–Kier alpha value is -2.07. The second kappa shape index (κ2) is 4.90. The van der Waals surface area contributed by atoms with Crippen molar-refractivity contribution in [2.24, 2.45) is 0 Å². The summed E-state index contributed by atoms with van der Waals surface area (Å²) in [5, 5.41) is 11.7. The highest BCUT2D eigenvalue weighted by Crippen LogP contribution is 2.34. The number of benzene rings is 2. The lowest BCUT2D eigenvalue weighted by Gasteiger charge is -2.07. The first kappa shape index (κ1) is 12.0. The van der Waals surface area contributed by atoms with Crippen LogP contribution < -0.4 is 5.73 Å². The second-order valence-electron chi connectivity index (χ2n) is 4.28. The van der Waals surface area contributed by atoms with Crippen molar-refractivity contribution in [2.75, 3.05) is 5.73 Å². The zero-order valence-electron chi connectivity index (χ0n) is 10.5. The Kier molecular flexibility index (Phi) is 3.09. The van der Waals surface area contributed by atoms with E-state index in [-0.39, 0.29) is 0 Å². The minimum atomic E-state index is 0.763. The van der Waals surface area contributed by atoms with Crippen LogP contribution in [-0.2, 0) is 0 Å². The SMILES string of the molecule is Cc1nnc(Sc2ccccc2N)c2ccccc12. The van der Waals surface area contributed by atoms with Crippen molar-refractivity contribution in [3.8, 4) is 0 Å². The van der Waals surface area contributed by atoms with Gasteiger partial charge in [-0.05, 0) is 19.1 Å². The van der Waals surface area contributed by atoms with E-state index in [1.54, 1.807) is 11.8 Å². The molecule has 4 heteroatoms. The van der Waals surface area contributed by atoms with Gasteiger partial charge in [-0.2, -0.15) is 5.10 Å². The molecule has 0 atom stereocenters. The molecule has 94 valence electrons. The van der Waals surface area contributed by atoms with Crippen LogP contribution in [0.1, 0.15) is 5.69 Å². The molecule has 1 heterocycles. The van der Waals surface area contributed by atoms with E-state index in [1.165, 1.54) is 0 Å². The molecule has 3 nitrogen and oxygen atoms in total. The Morgan fingerprint density at radius 3 is 2.37 bits per heavy atom. The summed E-state index contributed by atoms with van der Waals surface area (Å²) in [6, 6.07) is 16.0. The van der Waals surface area contributed by atoms with Gasteiger partial charge in [0.1, 0.15) is 5.03 Å². The molecule has 3 aromatic rings. The van der Waals surface area contributed by atoms with E-state index < -0.39 is 0 Å². The normalized spacial score (nSPS) is 10.8. The quantitative estimate of drug-likeness (QED) is 0.720. The van der Waals surface area contributed by atoms with Gasteiger partial charge in [0.2, 0.25) is 0 Å². The second-order valence-corrected chi connectivity index (χ2v) is 5.31. The Morgan fingerprint density at radius 1 is 0.895 bits per heavy atom. The predicted molar refractivity (Wildman–Crippen MR) is 79.3 cm³/mol. The Morgan fingerprint density at radius 2 is 1.58 bits per heavy atom. The van der Waals surface area contributed by atoms with Crippen molar-refractivity contribution >= 4 is 28.2 Å². The lowest BCUT2D eigenvalue weighted by atomic mass is 10.1. The fourth-order valence-electron chi connectivity index (χ4n) is 1.97. The highest BCUT2D eigenvalue weighted by atomic mass is 32.2. The molecule has 1 aromatic heterocycles. The Balaban J connectivity index is 2.12. The van der Waals surface area contributed by atoms with Crippen LogP contribution in [0.4, 0.5) is 5.69 Å². The van der Waals surface area contributed by atoms with Gasteiger partial charge in [0.05, 0.1) is 5.69 Å². The first-order valence-corrected chi connectivity index (χ1v) is 6.82. The average molecular weight is 267 g/mol. The lowest BCUT2D eigenvalue weighted by Crippen LogP contribution is -1.93. The number of nitrogen functional groups attached to an aromatic ring is 1. The summed E-state index contributed by atoms with van der Waals surface area (Å²) < 4.78 is 0. The Labute approximate surface area is 115 Å². The van der Waals surface area contributed by atoms with Crippen molar-refractivity contribution < 1.29 is 0 Å². The molecule has 2 aromatic carbocycles. The van der Waals surface area contributed by atoms with Crippen molar-refractivity contribution in [2.45, 2.75) is 16.8 Å². The molecule has 0 bridgehead atoms. The molecule has 0 saturated heterocycles. The zero-order valence-corrected chi connectivity index (χ0v) is 11.3. The molecule has 0 aliphatic rings. The van der Waals surface area contributed by atoms with Crippen molar-refractivity contribution in [1.29, 1.82) is 0 Å². The smallest absolute Gasteiger partial charge is 0.131 e. The molecular formula is C15H13N3S. The minimum Gasteiger partial charge on any atom is -0.398 e. The molecule has 0 amide bonds. The Bertz CT molecular complexity index is 740. The molecule has 0 aliphatic heterocycles. The number of aryl methyl sites for hydroxylation is 1. The fourth-order valence-corrected chi connectivity index (χ4v) is 2.88. The number of nitrogens with zero attached hydrogens (tertiary/aromatic N) is 2. The van der Waals surface area contributed by atoms with Crippen LogP contribution in [0.2, 0.25) is 0 Å². The summed E-state index contributed by atoms with van der Waals surface area (Å²) in [6.45, 7) is 1.97.